The molecule has 1 amide bonds. The largest absolute Gasteiger partial charge is 0.401 e. The molecule has 2 fully saturated rings. The van der Waals surface area contributed by atoms with Gasteiger partial charge in [0.15, 0.2) is 0 Å². The van der Waals surface area contributed by atoms with Crippen LogP contribution in [-0.4, -0.2) is 84.2 Å². The van der Waals surface area contributed by atoms with Crippen LogP contribution in [0.15, 0.2) is 12.4 Å². The van der Waals surface area contributed by atoms with Gasteiger partial charge in [-0.05, 0) is 6.42 Å². The lowest BCUT2D eigenvalue weighted by Gasteiger charge is -2.32. The molecule has 0 aliphatic carbocycles. The van der Waals surface area contributed by atoms with Gasteiger partial charge in [0.2, 0.25) is 5.91 Å². The van der Waals surface area contributed by atoms with Gasteiger partial charge >= 0.3 is 6.18 Å². The molecule has 1 unspecified atom stereocenters. The molecular formula is C15H21F3N6O. The summed E-state index contributed by atoms with van der Waals surface area (Å²) in [6.07, 6.45) is -2.14. The number of amides is 1. The van der Waals surface area contributed by atoms with E-state index in [2.05, 4.69) is 15.3 Å². The number of hydrogen-bond acceptors (Lipinski definition) is 6. The van der Waals surface area contributed by atoms with Crippen molar-refractivity contribution in [3.05, 3.63) is 12.4 Å². The number of alkyl halides is 3. The minimum absolute atomic E-state index is 0.0259. The van der Waals surface area contributed by atoms with Gasteiger partial charge in [-0.2, -0.15) is 13.2 Å². The van der Waals surface area contributed by atoms with Gasteiger partial charge in [-0.25, -0.2) is 9.97 Å². The molecule has 1 atom stereocenters. The summed E-state index contributed by atoms with van der Waals surface area (Å²) in [5, 5.41) is 3.17. The maximum atomic E-state index is 12.5. The minimum Gasteiger partial charge on any atom is -0.366 e. The molecule has 0 saturated carbocycles. The summed E-state index contributed by atoms with van der Waals surface area (Å²) in [6, 6.07) is 1.66. The molecule has 138 valence electrons. The highest BCUT2D eigenvalue weighted by molar-refractivity contribution is 5.82. The lowest BCUT2D eigenvalue weighted by Crippen LogP contribution is -2.48. The lowest BCUT2D eigenvalue weighted by molar-refractivity contribution is -0.143. The summed E-state index contributed by atoms with van der Waals surface area (Å²) >= 11 is 0. The minimum atomic E-state index is -4.18. The van der Waals surface area contributed by atoms with Crippen LogP contribution < -0.4 is 10.2 Å². The number of nitrogens with one attached hydrogen (secondary N) is 1. The van der Waals surface area contributed by atoms with Gasteiger partial charge in [0, 0.05) is 45.3 Å². The van der Waals surface area contributed by atoms with E-state index < -0.39 is 12.7 Å². The molecule has 0 spiro atoms. The zero-order chi connectivity index (χ0) is 18.0. The average molecular weight is 358 g/mol. The third kappa shape index (κ3) is 4.71. The Bertz CT molecular complexity index is 626. The number of likely N-dealkylation sites (N-methyl/N-ethyl adjacent to an activating group) is 1. The molecule has 2 saturated heterocycles. The van der Waals surface area contributed by atoms with E-state index in [1.807, 2.05) is 4.90 Å². The predicted molar refractivity (Wildman–Crippen MR) is 86.4 cm³/mol. The molecule has 0 bridgehead atoms. The first-order chi connectivity index (χ1) is 11.8. The second-order valence-corrected chi connectivity index (χ2v) is 6.48. The van der Waals surface area contributed by atoms with Crippen molar-refractivity contribution in [2.75, 3.05) is 56.5 Å². The van der Waals surface area contributed by atoms with E-state index in [9.17, 15) is 18.0 Å². The Morgan fingerprint density at radius 2 is 2.08 bits per heavy atom. The van der Waals surface area contributed by atoms with E-state index in [0.717, 1.165) is 0 Å². The van der Waals surface area contributed by atoms with E-state index >= 15 is 0 Å². The van der Waals surface area contributed by atoms with Crippen LogP contribution in [0.1, 0.15) is 6.42 Å². The number of likely N-dealkylation sites (tertiary alicyclic amines) is 1. The highest BCUT2D eigenvalue weighted by Crippen LogP contribution is 2.22. The molecule has 1 N–H and O–H groups in total. The quantitative estimate of drug-likeness (QED) is 0.859. The van der Waals surface area contributed by atoms with Gasteiger partial charge in [0.1, 0.15) is 18.0 Å². The number of aromatic nitrogens is 2. The number of halogens is 3. The summed E-state index contributed by atoms with van der Waals surface area (Å²) < 4.78 is 37.4. The van der Waals surface area contributed by atoms with Crippen LogP contribution >= 0.6 is 0 Å². The van der Waals surface area contributed by atoms with Gasteiger partial charge in [0.25, 0.3) is 0 Å². The van der Waals surface area contributed by atoms with Crippen LogP contribution in [-0.2, 0) is 4.79 Å². The maximum Gasteiger partial charge on any atom is 0.401 e. The van der Waals surface area contributed by atoms with E-state index in [1.54, 1.807) is 18.0 Å². The van der Waals surface area contributed by atoms with Crippen molar-refractivity contribution in [3.8, 4) is 0 Å². The number of piperazine rings is 1. The second kappa shape index (κ2) is 7.03. The van der Waals surface area contributed by atoms with Crippen molar-refractivity contribution in [1.29, 1.82) is 0 Å². The van der Waals surface area contributed by atoms with Gasteiger partial charge in [0.05, 0.1) is 13.1 Å². The van der Waals surface area contributed by atoms with Crippen LogP contribution in [0.3, 0.4) is 0 Å². The topological polar surface area (TPSA) is 64.6 Å². The summed E-state index contributed by atoms with van der Waals surface area (Å²) in [5.41, 5.74) is 0. The molecule has 3 rings (SSSR count). The van der Waals surface area contributed by atoms with E-state index in [0.29, 0.717) is 44.2 Å². The first-order valence-corrected chi connectivity index (χ1v) is 8.17. The van der Waals surface area contributed by atoms with E-state index in [4.69, 9.17) is 0 Å². The molecule has 0 aromatic carbocycles. The summed E-state index contributed by atoms with van der Waals surface area (Å²) in [4.78, 5) is 25.1. The van der Waals surface area contributed by atoms with Crippen molar-refractivity contribution in [2.45, 2.75) is 18.6 Å². The Labute approximate surface area is 143 Å². The zero-order valence-corrected chi connectivity index (χ0v) is 14.0. The predicted octanol–water partition coefficient (Wildman–Crippen LogP) is 0.803. The number of nitrogens with zero attached hydrogens (tertiary/aromatic N) is 5. The first kappa shape index (κ1) is 17.7. The molecule has 7 nitrogen and oxygen atoms in total. The fraction of sp³-hybridized carbons (Fsp3) is 0.667. The fourth-order valence-electron chi connectivity index (χ4n) is 3.11. The smallest absolute Gasteiger partial charge is 0.366 e. The first-order valence-electron chi connectivity index (χ1n) is 8.17. The zero-order valence-electron chi connectivity index (χ0n) is 14.0. The molecule has 2 aliphatic rings. The average Bonchev–Trinajstić information content (AvgIpc) is 2.95. The van der Waals surface area contributed by atoms with Gasteiger partial charge < -0.3 is 15.1 Å². The molecule has 1 aromatic rings. The Morgan fingerprint density at radius 3 is 2.80 bits per heavy atom. The summed E-state index contributed by atoms with van der Waals surface area (Å²) in [7, 11) is 1.76. The van der Waals surface area contributed by atoms with Crippen LogP contribution in [0.4, 0.5) is 24.8 Å². The number of rotatable bonds is 4. The van der Waals surface area contributed by atoms with Crippen LogP contribution in [0, 0.1) is 0 Å². The van der Waals surface area contributed by atoms with Gasteiger partial charge in [-0.15, -0.1) is 0 Å². The Kier molecular flexibility index (Phi) is 4.98. The molecule has 25 heavy (non-hydrogen) atoms. The third-order valence-corrected chi connectivity index (χ3v) is 4.46. The Hall–Kier alpha value is -2.10. The van der Waals surface area contributed by atoms with Crippen molar-refractivity contribution < 1.29 is 18.0 Å². The van der Waals surface area contributed by atoms with Crippen LogP contribution in [0.25, 0.3) is 0 Å². The fourth-order valence-corrected chi connectivity index (χ4v) is 3.11. The van der Waals surface area contributed by atoms with Gasteiger partial charge in [-0.1, -0.05) is 0 Å². The van der Waals surface area contributed by atoms with E-state index in [-0.39, 0.29) is 18.5 Å². The standard InChI is InChI=1S/C15H21F3N6O/c1-22-4-5-24(8-14(22)25)13-6-12(19-10-20-13)21-11-2-3-23(7-11)9-15(16,17)18/h6,10-11H,2-5,7-9H2,1H3,(H,19,20,21). The SMILES string of the molecule is CN1CCN(c2cc(NC3CCN(CC(F)(F)F)C3)ncn2)CC1=O. The normalized spacial score (nSPS) is 22.6. The lowest BCUT2D eigenvalue weighted by atomic mass is 10.2. The van der Waals surface area contributed by atoms with Crippen molar-refractivity contribution in [3.63, 3.8) is 0 Å². The van der Waals surface area contributed by atoms with Crippen molar-refractivity contribution >= 4 is 17.5 Å². The third-order valence-electron chi connectivity index (χ3n) is 4.46. The number of carbonyl (C=O) groups excluding carboxylic acids is 1. The highest BCUT2D eigenvalue weighted by Gasteiger charge is 2.34. The maximum absolute atomic E-state index is 12.5. The van der Waals surface area contributed by atoms with E-state index in [1.165, 1.54) is 11.2 Å². The van der Waals surface area contributed by atoms with Crippen molar-refractivity contribution in [1.82, 2.24) is 19.8 Å². The van der Waals surface area contributed by atoms with Gasteiger partial charge in [-0.3, -0.25) is 9.69 Å². The Balaban J connectivity index is 1.58. The molecule has 3 heterocycles. The number of anilines is 2. The number of carbonyl (C=O) groups is 1. The number of hydrogen-bond donors (Lipinski definition) is 1. The van der Waals surface area contributed by atoms with Crippen LogP contribution in [0.5, 0.6) is 0 Å². The summed E-state index contributed by atoms with van der Waals surface area (Å²) in [6.45, 7) is 1.41. The second-order valence-electron chi connectivity index (χ2n) is 6.48. The molecule has 10 heteroatoms. The monoisotopic (exact) mass is 358 g/mol. The molecule has 0 radical (unpaired) electrons. The Morgan fingerprint density at radius 1 is 1.28 bits per heavy atom. The highest BCUT2D eigenvalue weighted by atomic mass is 19.4. The summed E-state index contributed by atoms with van der Waals surface area (Å²) in [5.74, 6) is 1.23. The van der Waals surface area contributed by atoms with Crippen LogP contribution in [0.2, 0.25) is 0 Å². The molecule has 1 aromatic heterocycles. The molecule has 2 aliphatic heterocycles. The molecular weight excluding hydrogens is 337 g/mol. The van der Waals surface area contributed by atoms with Crippen molar-refractivity contribution in [2.24, 2.45) is 0 Å².